The van der Waals surface area contributed by atoms with Crippen molar-refractivity contribution in [3.63, 3.8) is 0 Å². The molecule has 0 aromatic heterocycles. The third kappa shape index (κ3) is 33.7. The first-order valence-electron chi connectivity index (χ1n) is 10.4. The third-order valence-electron chi connectivity index (χ3n) is 2.39. The highest BCUT2D eigenvalue weighted by atomic mass is 16.8. The van der Waals surface area contributed by atoms with Crippen molar-refractivity contribution < 1.29 is 33.3 Å². The molecule has 0 unspecified atom stereocenters. The van der Waals surface area contributed by atoms with Gasteiger partial charge in [0.05, 0.1) is 0 Å². The summed E-state index contributed by atoms with van der Waals surface area (Å²) < 4.78 is 18.9. The first-order chi connectivity index (χ1) is 13.4. The summed E-state index contributed by atoms with van der Waals surface area (Å²) in [5.74, 6) is -0.0839. The second-order valence-electron chi connectivity index (χ2n) is 9.51. The first-order valence-corrected chi connectivity index (χ1v) is 10.4. The van der Waals surface area contributed by atoms with Crippen molar-refractivity contribution >= 4 is 18.3 Å². The van der Waals surface area contributed by atoms with Gasteiger partial charge in [-0.2, -0.15) is 0 Å². The minimum atomic E-state index is -1.06. The van der Waals surface area contributed by atoms with Crippen molar-refractivity contribution in [3.8, 4) is 0 Å². The van der Waals surface area contributed by atoms with Crippen LogP contribution >= 0.6 is 0 Å². The average Bonchev–Trinajstić information content (AvgIpc) is 2.48. The summed E-state index contributed by atoms with van der Waals surface area (Å²) in [5.41, 5.74) is 3.31. The fraction of sp³-hybridized carbons (Fsp3) is 0.864. The molecule has 0 spiro atoms. The SMILES string of the molecule is CC(C)(C)OC(=O)OC(=O)OC(C)(C)C.CCCCC(=O)OC(C)(C)C.CCCN. The molecule has 0 bridgehead atoms. The lowest BCUT2D eigenvalue weighted by Gasteiger charge is -2.20. The molecule has 30 heavy (non-hydrogen) atoms. The zero-order valence-corrected chi connectivity index (χ0v) is 21.0. The van der Waals surface area contributed by atoms with E-state index in [1.54, 1.807) is 41.5 Å². The molecule has 0 aromatic carbocycles. The molecular weight excluding hydrogens is 390 g/mol. The van der Waals surface area contributed by atoms with Gasteiger partial charge in [-0.1, -0.05) is 20.3 Å². The Labute approximate surface area is 183 Å². The molecule has 180 valence electrons. The van der Waals surface area contributed by atoms with Gasteiger partial charge in [0.25, 0.3) is 0 Å². The second kappa shape index (κ2) is 15.9. The number of esters is 1. The topological polar surface area (TPSA) is 114 Å². The van der Waals surface area contributed by atoms with Crippen LogP contribution in [0.5, 0.6) is 0 Å². The molecule has 0 aliphatic carbocycles. The van der Waals surface area contributed by atoms with Crippen molar-refractivity contribution in [1.82, 2.24) is 0 Å². The predicted octanol–water partition coefficient (Wildman–Crippen LogP) is 5.75. The van der Waals surface area contributed by atoms with E-state index in [-0.39, 0.29) is 11.6 Å². The number of carbonyl (C=O) groups is 3. The van der Waals surface area contributed by atoms with E-state index in [4.69, 9.17) is 19.9 Å². The molecule has 0 aliphatic heterocycles. The van der Waals surface area contributed by atoms with Crippen LogP contribution in [0.15, 0.2) is 0 Å². The van der Waals surface area contributed by atoms with Gasteiger partial charge >= 0.3 is 18.3 Å². The lowest BCUT2D eigenvalue weighted by Crippen LogP contribution is -2.29. The predicted molar refractivity (Wildman–Crippen MR) is 118 cm³/mol. The van der Waals surface area contributed by atoms with Gasteiger partial charge in [0, 0.05) is 6.42 Å². The van der Waals surface area contributed by atoms with E-state index in [0.717, 1.165) is 25.8 Å². The molecule has 8 heteroatoms. The number of nitrogens with two attached hydrogens (primary N) is 1. The van der Waals surface area contributed by atoms with Crippen LogP contribution < -0.4 is 5.73 Å². The van der Waals surface area contributed by atoms with E-state index in [1.165, 1.54) is 0 Å². The number of unbranched alkanes of at least 4 members (excludes halogenated alkanes) is 1. The minimum Gasteiger partial charge on any atom is -0.460 e. The molecule has 8 nitrogen and oxygen atoms in total. The standard InChI is InChI=1S/C10H18O5.C9H18O2.C3H9N/c1-9(2,3)14-7(11)13-8(12)15-10(4,5)6;1-5-6-7-8(10)11-9(2,3)4;1-2-3-4/h1-6H3;5-7H2,1-4H3;2-4H2,1H3. The first kappa shape index (κ1) is 32.8. The van der Waals surface area contributed by atoms with Gasteiger partial charge in [-0.05, 0) is 81.7 Å². The quantitative estimate of drug-likeness (QED) is 0.337. The number of hydrogen-bond acceptors (Lipinski definition) is 8. The summed E-state index contributed by atoms with van der Waals surface area (Å²) >= 11 is 0. The van der Waals surface area contributed by atoms with Crippen molar-refractivity contribution in [3.05, 3.63) is 0 Å². The van der Waals surface area contributed by atoms with Crippen LogP contribution in [-0.2, 0) is 23.7 Å². The second-order valence-corrected chi connectivity index (χ2v) is 9.51. The molecule has 2 N–H and O–H groups in total. The normalized spacial score (nSPS) is 11.1. The number of ether oxygens (including phenoxy) is 4. The minimum absolute atomic E-state index is 0.0839. The zero-order chi connectivity index (χ0) is 24.6. The Morgan fingerprint density at radius 3 is 1.23 bits per heavy atom. The van der Waals surface area contributed by atoms with Crippen molar-refractivity contribution in [2.45, 2.75) is 119 Å². The number of rotatable bonds is 4. The third-order valence-corrected chi connectivity index (χ3v) is 2.39. The van der Waals surface area contributed by atoms with Crippen LogP contribution in [0.1, 0.15) is 102 Å². The number of hydrogen-bond donors (Lipinski definition) is 1. The molecule has 0 heterocycles. The van der Waals surface area contributed by atoms with Crippen LogP contribution in [0, 0.1) is 0 Å². The highest BCUT2D eigenvalue weighted by Gasteiger charge is 2.24. The Hall–Kier alpha value is -1.83. The summed E-state index contributed by atoms with van der Waals surface area (Å²) in [6, 6.07) is 0. The summed E-state index contributed by atoms with van der Waals surface area (Å²) in [4.78, 5) is 33.0. The Morgan fingerprint density at radius 2 is 1.00 bits per heavy atom. The lowest BCUT2D eigenvalue weighted by molar-refractivity contribution is -0.154. The van der Waals surface area contributed by atoms with E-state index >= 15 is 0 Å². The van der Waals surface area contributed by atoms with E-state index in [9.17, 15) is 14.4 Å². The maximum Gasteiger partial charge on any atom is 0.519 e. The van der Waals surface area contributed by atoms with Gasteiger partial charge in [0.1, 0.15) is 16.8 Å². The molecule has 0 fully saturated rings. The molecule has 0 saturated heterocycles. The Balaban J connectivity index is -0.000000425. The fourth-order valence-corrected chi connectivity index (χ4v) is 1.32. The van der Waals surface area contributed by atoms with Gasteiger partial charge in [-0.3, -0.25) is 4.79 Å². The molecule has 0 rings (SSSR count). The van der Waals surface area contributed by atoms with Gasteiger partial charge in [-0.15, -0.1) is 0 Å². The fourth-order valence-electron chi connectivity index (χ4n) is 1.32. The van der Waals surface area contributed by atoms with Crippen LogP contribution in [0.4, 0.5) is 9.59 Å². The highest BCUT2D eigenvalue weighted by Crippen LogP contribution is 2.12. The van der Waals surface area contributed by atoms with Gasteiger partial charge in [0.2, 0.25) is 0 Å². The van der Waals surface area contributed by atoms with Crippen molar-refractivity contribution in [2.24, 2.45) is 5.73 Å². The molecule has 0 aliphatic rings. The molecule has 0 amide bonds. The highest BCUT2D eigenvalue weighted by molar-refractivity contribution is 5.77. The molecule has 0 aromatic rings. The van der Waals surface area contributed by atoms with Gasteiger partial charge < -0.3 is 24.7 Å². The molecular formula is C22H45NO7. The van der Waals surface area contributed by atoms with E-state index in [1.807, 2.05) is 20.8 Å². The monoisotopic (exact) mass is 435 g/mol. The van der Waals surface area contributed by atoms with Crippen molar-refractivity contribution in [2.75, 3.05) is 6.54 Å². The van der Waals surface area contributed by atoms with E-state index in [2.05, 4.69) is 18.6 Å². The molecule has 0 saturated carbocycles. The summed E-state index contributed by atoms with van der Waals surface area (Å²) in [6.45, 7) is 20.6. The van der Waals surface area contributed by atoms with Crippen LogP contribution in [-0.4, -0.2) is 41.6 Å². The smallest absolute Gasteiger partial charge is 0.460 e. The molecule has 0 radical (unpaired) electrons. The van der Waals surface area contributed by atoms with Crippen LogP contribution in [0.25, 0.3) is 0 Å². The largest absolute Gasteiger partial charge is 0.519 e. The van der Waals surface area contributed by atoms with Gasteiger partial charge in [0.15, 0.2) is 0 Å². The average molecular weight is 436 g/mol. The lowest BCUT2D eigenvalue weighted by atomic mass is 10.2. The maximum absolute atomic E-state index is 11.0. The molecule has 0 atom stereocenters. The van der Waals surface area contributed by atoms with Crippen molar-refractivity contribution in [1.29, 1.82) is 0 Å². The van der Waals surface area contributed by atoms with E-state index < -0.39 is 23.5 Å². The van der Waals surface area contributed by atoms with Crippen LogP contribution in [0.2, 0.25) is 0 Å². The Morgan fingerprint density at radius 1 is 0.667 bits per heavy atom. The number of carbonyl (C=O) groups excluding carboxylic acids is 3. The maximum atomic E-state index is 11.0. The Bertz CT molecular complexity index is 455. The van der Waals surface area contributed by atoms with E-state index in [0.29, 0.717) is 6.42 Å². The summed E-state index contributed by atoms with van der Waals surface area (Å²) in [6.07, 6.45) is 1.50. The van der Waals surface area contributed by atoms with Crippen LogP contribution in [0.3, 0.4) is 0 Å². The summed E-state index contributed by atoms with van der Waals surface area (Å²) in [5, 5.41) is 0. The van der Waals surface area contributed by atoms with Gasteiger partial charge in [-0.25, -0.2) is 9.59 Å². The Kier molecular flexibility index (Phi) is 17.4. The zero-order valence-electron chi connectivity index (χ0n) is 21.0. The summed E-state index contributed by atoms with van der Waals surface area (Å²) in [7, 11) is 0.